The number of aryl methyl sites for hydroxylation is 2. The summed E-state index contributed by atoms with van der Waals surface area (Å²) in [5.74, 6) is 5.28. The van der Waals surface area contributed by atoms with Gasteiger partial charge in [0.15, 0.2) is 0 Å². The van der Waals surface area contributed by atoms with Gasteiger partial charge < -0.3 is 0 Å². The summed E-state index contributed by atoms with van der Waals surface area (Å²) in [5.41, 5.74) is 4.35. The summed E-state index contributed by atoms with van der Waals surface area (Å²) in [4.78, 5) is 0. The molecule has 0 fully saturated rings. The molecule has 0 saturated heterocycles. The lowest BCUT2D eigenvalue weighted by Gasteiger charge is -2.17. The van der Waals surface area contributed by atoms with Crippen LogP contribution in [-0.4, -0.2) is 9.78 Å². The molecule has 4 nitrogen and oxygen atoms in total. The van der Waals surface area contributed by atoms with Crippen LogP contribution in [0.1, 0.15) is 23.7 Å². The molecule has 0 saturated carbocycles. The monoisotopic (exact) mass is 326 g/mol. The zero-order valence-electron chi connectivity index (χ0n) is 10.6. The summed E-state index contributed by atoms with van der Waals surface area (Å²) in [6.45, 7) is 0. The number of hydrogen-bond acceptors (Lipinski definition) is 3. The number of nitrogens with one attached hydrogen (secondary N) is 1. The minimum atomic E-state index is -0.262. The van der Waals surface area contributed by atoms with E-state index < -0.39 is 0 Å². The zero-order valence-corrected chi connectivity index (χ0v) is 12.2. The maximum atomic E-state index is 13.9. The smallest absolute Gasteiger partial charge is 0.129 e. The van der Waals surface area contributed by atoms with Crippen molar-refractivity contribution in [1.29, 1.82) is 0 Å². The van der Waals surface area contributed by atoms with Crippen molar-refractivity contribution in [3.05, 3.63) is 52.0 Å². The molecule has 2 aromatic rings. The Morgan fingerprint density at radius 3 is 2.84 bits per heavy atom. The summed E-state index contributed by atoms with van der Waals surface area (Å²) >= 11 is 3.24. The largest absolute Gasteiger partial charge is 0.273 e. The molecule has 6 heteroatoms. The Morgan fingerprint density at radius 1 is 1.47 bits per heavy atom. The van der Waals surface area contributed by atoms with Crippen LogP contribution in [-0.2, 0) is 13.5 Å². The SMILES string of the molecule is Cn1nccc1CCC(NN)c1ccc(Br)cc1F. The molecule has 0 amide bonds. The number of hydrazine groups is 1. The van der Waals surface area contributed by atoms with E-state index in [1.165, 1.54) is 6.07 Å². The molecule has 1 aromatic heterocycles. The van der Waals surface area contributed by atoms with Gasteiger partial charge in [0.05, 0.1) is 0 Å². The van der Waals surface area contributed by atoms with Crippen molar-refractivity contribution in [2.75, 3.05) is 0 Å². The highest BCUT2D eigenvalue weighted by Crippen LogP contribution is 2.24. The van der Waals surface area contributed by atoms with Crippen LogP contribution in [0.2, 0.25) is 0 Å². The van der Waals surface area contributed by atoms with Crippen molar-refractivity contribution in [2.24, 2.45) is 12.9 Å². The average molecular weight is 327 g/mol. The first-order chi connectivity index (χ1) is 9.11. The molecule has 1 heterocycles. The number of nitrogens with two attached hydrogens (primary N) is 1. The molecular formula is C13H16BrFN4. The fourth-order valence-electron chi connectivity index (χ4n) is 2.05. The van der Waals surface area contributed by atoms with Gasteiger partial charge in [-0.3, -0.25) is 16.0 Å². The molecule has 19 heavy (non-hydrogen) atoms. The highest BCUT2D eigenvalue weighted by Gasteiger charge is 2.15. The molecule has 0 aliphatic rings. The van der Waals surface area contributed by atoms with Gasteiger partial charge in [0.25, 0.3) is 0 Å². The van der Waals surface area contributed by atoms with Gasteiger partial charge in [0.2, 0.25) is 0 Å². The second kappa shape index (κ2) is 6.27. The van der Waals surface area contributed by atoms with Crippen molar-refractivity contribution in [2.45, 2.75) is 18.9 Å². The highest BCUT2D eigenvalue weighted by molar-refractivity contribution is 9.10. The van der Waals surface area contributed by atoms with Gasteiger partial charge >= 0.3 is 0 Å². The topological polar surface area (TPSA) is 55.9 Å². The van der Waals surface area contributed by atoms with Gasteiger partial charge in [-0.15, -0.1) is 0 Å². The molecule has 0 aliphatic heterocycles. The summed E-state index contributed by atoms with van der Waals surface area (Å²) in [6.07, 6.45) is 3.23. The summed E-state index contributed by atoms with van der Waals surface area (Å²) in [7, 11) is 1.89. The third kappa shape index (κ3) is 3.40. The molecular weight excluding hydrogens is 311 g/mol. The van der Waals surface area contributed by atoms with Crippen LogP contribution in [0.15, 0.2) is 34.9 Å². The Bertz CT molecular complexity index is 555. The average Bonchev–Trinajstić information content (AvgIpc) is 2.78. The van der Waals surface area contributed by atoms with Crippen molar-refractivity contribution in [3.63, 3.8) is 0 Å². The molecule has 102 valence electrons. The van der Waals surface area contributed by atoms with E-state index in [0.29, 0.717) is 12.0 Å². The van der Waals surface area contributed by atoms with Crippen molar-refractivity contribution in [1.82, 2.24) is 15.2 Å². The van der Waals surface area contributed by atoms with E-state index in [0.717, 1.165) is 16.6 Å². The Labute approximate surface area is 119 Å². The highest BCUT2D eigenvalue weighted by atomic mass is 79.9. The Kier molecular flexibility index (Phi) is 4.68. The minimum Gasteiger partial charge on any atom is -0.273 e. The van der Waals surface area contributed by atoms with Crippen molar-refractivity contribution in [3.8, 4) is 0 Å². The number of hydrogen-bond donors (Lipinski definition) is 2. The lowest BCUT2D eigenvalue weighted by atomic mass is 10.0. The molecule has 0 bridgehead atoms. The van der Waals surface area contributed by atoms with Crippen LogP contribution in [0.5, 0.6) is 0 Å². The maximum Gasteiger partial charge on any atom is 0.129 e. The molecule has 1 aromatic carbocycles. The van der Waals surface area contributed by atoms with E-state index in [4.69, 9.17) is 5.84 Å². The standard InChI is InChI=1S/C13H16BrFN4/c1-19-10(6-7-17-19)3-5-13(18-16)11-4-2-9(14)8-12(11)15/h2,4,6-8,13,18H,3,5,16H2,1H3. The molecule has 0 aliphatic carbocycles. The Hall–Kier alpha value is -1.24. The molecule has 3 N–H and O–H groups in total. The zero-order chi connectivity index (χ0) is 13.8. The summed E-state index contributed by atoms with van der Waals surface area (Å²) in [5, 5.41) is 4.11. The molecule has 0 spiro atoms. The van der Waals surface area contributed by atoms with Gasteiger partial charge in [-0.05, 0) is 31.0 Å². The van der Waals surface area contributed by atoms with Gasteiger partial charge in [0, 0.05) is 35.0 Å². The van der Waals surface area contributed by atoms with E-state index in [9.17, 15) is 4.39 Å². The fraction of sp³-hybridized carbons (Fsp3) is 0.308. The number of nitrogens with zero attached hydrogens (tertiary/aromatic N) is 2. The number of benzene rings is 1. The predicted molar refractivity (Wildman–Crippen MR) is 75.7 cm³/mol. The Morgan fingerprint density at radius 2 is 2.26 bits per heavy atom. The van der Waals surface area contributed by atoms with E-state index in [1.54, 1.807) is 12.3 Å². The number of rotatable bonds is 5. The first-order valence-electron chi connectivity index (χ1n) is 5.99. The van der Waals surface area contributed by atoms with Crippen LogP contribution < -0.4 is 11.3 Å². The second-order valence-corrected chi connectivity index (χ2v) is 5.29. The lowest BCUT2D eigenvalue weighted by molar-refractivity contribution is 0.479. The normalized spacial score (nSPS) is 12.6. The van der Waals surface area contributed by atoms with E-state index in [1.807, 2.05) is 23.9 Å². The number of halogens is 2. The second-order valence-electron chi connectivity index (χ2n) is 4.37. The van der Waals surface area contributed by atoms with E-state index in [-0.39, 0.29) is 11.9 Å². The van der Waals surface area contributed by atoms with Gasteiger partial charge in [0.1, 0.15) is 5.82 Å². The van der Waals surface area contributed by atoms with Crippen LogP contribution in [0.4, 0.5) is 4.39 Å². The molecule has 1 atom stereocenters. The lowest BCUT2D eigenvalue weighted by Crippen LogP contribution is -2.29. The first kappa shape index (κ1) is 14.2. The van der Waals surface area contributed by atoms with Crippen LogP contribution >= 0.6 is 15.9 Å². The first-order valence-corrected chi connectivity index (χ1v) is 6.79. The maximum absolute atomic E-state index is 13.9. The van der Waals surface area contributed by atoms with Crippen LogP contribution in [0.25, 0.3) is 0 Å². The molecule has 1 unspecified atom stereocenters. The van der Waals surface area contributed by atoms with Gasteiger partial charge in [-0.2, -0.15) is 5.10 Å². The van der Waals surface area contributed by atoms with E-state index in [2.05, 4.69) is 26.5 Å². The van der Waals surface area contributed by atoms with Gasteiger partial charge in [-0.25, -0.2) is 4.39 Å². The van der Waals surface area contributed by atoms with Gasteiger partial charge in [-0.1, -0.05) is 22.0 Å². The minimum absolute atomic E-state index is 0.219. The third-order valence-electron chi connectivity index (χ3n) is 3.15. The van der Waals surface area contributed by atoms with Crippen LogP contribution in [0.3, 0.4) is 0 Å². The summed E-state index contributed by atoms with van der Waals surface area (Å²) < 4.78 is 16.4. The van der Waals surface area contributed by atoms with Crippen molar-refractivity contribution < 1.29 is 4.39 Å². The van der Waals surface area contributed by atoms with E-state index >= 15 is 0 Å². The van der Waals surface area contributed by atoms with Crippen LogP contribution in [0, 0.1) is 5.82 Å². The molecule has 2 rings (SSSR count). The Balaban J connectivity index is 2.10. The fourth-order valence-corrected chi connectivity index (χ4v) is 2.38. The summed E-state index contributed by atoms with van der Waals surface area (Å²) in [6, 6.07) is 6.73. The predicted octanol–water partition coefficient (Wildman–Crippen LogP) is 2.46. The quantitative estimate of drug-likeness (QED) is 0.655. The molecule has 0 radical (unpaired) electrons. The van der Waals surface area contributed by atoms with Crippen molar-refractivity contribution >= 4 is 15.9 Å². The number of aromatic nitrogens is 2. The third-order valence-corrected chi connectivity index (χ3v) is 3.64.